The maximum Gasteiger partial charge on any atom is 0.261 e. The number of fused-ring (bicyclic) bond motifs is 3. The Bertz CT molecular complexity index is 847. The van der Waals surface area contributed by atoms with E-state index in [0.29, 0.717) is 0 Å². The van der Waals surface area contributed by atoms with Crippen LogP contribution in [0.25, 0.3) is 0 Å². The first-order valence-electron chi connectivity index (χ1n) is 9.96. The first kappa shape index (κ1) is 20.2. The molecule has 5 saturated heterocycles. The molecule has 8 nitrogen and oxygen atoms in total. The van der Waals surface area contributed by atoms with Crippen LogP contribution in [-0.4, -0.2) is 87.9 Å². The molecule has 2 aliphatic carbocycles. The molecule has 0 unspecified atom stereocenters. The lowest BCUT2D eigenvalue weighted by atomic mass is 9.80. The summed E-state index contributed by atoms with van der Waals surface area (Å²) < 4.78 is 0. The van der Waals surface area contributed by atoms with E-state index in [2.05, 4.69) is 25.3 Å². The molecule has 0 radical (unpaired) electrons. The highest BCUT2D eigenvalue weighted by molar-refractivity contribution is 8.78. The molecule has 30 heavy (non-hydrogen) atoms. The number of nitrogens with zero attached hydrogens (tertiary/aromatic N) is 2. The van der Waals surface area contributed by atoms with E-state index < -0.39 is 56.4 Å². The maximum atomic E-state index is 13.9. The van der Waals surface area contributed by atoms with E-state index in [4.69, 9.17) is 0 Å². The molecule has 2 spiro atoms. The summed E-state index contributed by atoms with van der Waals surface area (Å²) in [5.74, 6) is -2.13. The van der Waals surface area contributed by atoms with Crippen LogP contribution in [0.2, 0.25) is 0 Å². The molecular weight excluding hydrogens is 468 g/mol. The number of amides is 2. The third-order valence-corrected chi connectivity index (χ3v) is 12.3. The van der Waals surface area contributed by atoms with Crippen LogP contribution >= 0.6 is 46.8 Å². The summed E-state index contributed by atoms with van der Waals surface area (Å²) in [6, 6.07) is -1.59. The second-order valence-electron chi connectivity index (χ2n) is 9.14. The summed E-state index contributed by atoms with van der Waals surface area (Å²) in [5, 5.41) is 20.5. The van der Waals surface area contributed by atoms with Gasteiger partial charge in [-0.2, -0.15) is 25.3 Å². The fourth-order valence-corrected chi connectivity index (χ4v) is 10.9. The quantitative estimate of drug-likeness (QED) is 0.266. The third kappa shape index (κ3) is 2.09. The highest BCUT2D eigenvalue weighted by Crippen LogP contribution is 2.70. The minimum absolute atomic E-state index is 0.0948. The largest absolute Gasteiger partial charge is 0.390 e. The molecule has 2 bridgehead atoms. The number of ketones is 2. The normalized spacial score (nSPS) is 54.3. The van der Waals surface area contributed by atoms with E-state index in [9.17, 15) is 29.4 Å². The van der Waals surface area contributed by atoms with Gasteiger partial charge in [-0.05, 0) is 0 Å². The molecule has 162 valence electrons. The van der Waals surface area contributed by atoms with Gasteiger partial charge in [0.1, 0.15) is 11.6 Å². The van der Waals surface area contributed by atoms with Crippen LogP contribution in [0.5, 0.6) is 0 Å². The van der Waals surface area contributed by atoms with Crippen molar-refractivity contribution in [1.82, 2.24) is 9.80 Å². The van der Waals surface area contributed by atoms with Crippen molar-refractivity contribution in [3.63, 3.8) is 0 Å². The molecule has 7 fully saturated rings. The number of carbonyl (C=O) groups excluding carboxylic acids is 4. The molecule has 5 aliphatic heterocycles. The van der Waals surface area contributed by atoms with Gasteiger partial charge in [0.15, 0.2) is 9.74 Å². The minimum Gasteiger partial charge on any atom is -0.390 e. The smallest absolute Gasteiger partial charge is 0.261 e. The van der Waals surface area contributed by atoms with Crippen LogP contribution in [-0.2, 0) is 19.2 Å². The van der Waals surface area contributed by atoms with Crippen LogP contribution in [0, 0.1) is 11.8 Å². The average molecular weight is 489 g/mol. The number of aliphatic hydroxyl groups excluding tert-OH is 2. The van der Waals surface area contributed by atoms with Crippen molar-refractivity contribution in [1.29, 1.82) is 0 Å². The van der Waals surface area contributed by atoms with Gasteiger partial charge in [0.2, 0.25) is 0 Å². The second kappa shape index (κ2) is 6.13. The molecule has 10 atom stereocenters. The zero-order chi connectivity index (χ0) is 21.3. The number of thiol groups is 2. The Balaban J connectivity index is 1.49. The fourth-order valence-electron chi connectivity index (χ4n) is 6.39. The maximum absolute atomic E-state index is 13.9. The topological polar surface area (TPSA) is 115 Å². The number of hydrogen-bond donors (Lipinski definition) is 4. The Morgan fingerprint density at radius 1 is 0.767 bits per heavy atom. The van der Waals surface area contributed by atoms with E-state index in [0.717, 1.165) is 0 Å². The Morgan fingerprint density at radius 3 is 1.50 bits per heavy atom. The van der Waals surface area contributed by atoms with Gasteiger partial charge < -0.3 is 20.0 Å². The van der Waals surface area contributed by atoms with Crippen molar-refractivity contribution >= 4 is 70.2 Å². The summed E-state index contributed by atoms with van der Waals surface area (Å²) in [5.41, 5.74) is 0. The van der Waals surface area contributed by atoms with Crippen LogP contribution in [0.15, 0.2) is 0 Å². The molecule has 2 N–H and O–H groups in total. The predicted octanol–water partition coefficient (Wildman–Crippen LogP) is -0.514. The highest BCUT2D eigenvalue weighted by atomic mass is 33.1. The van der Waals surface area contributed by atoms with Crippen LogP contribution in [0.3, 0.4) is 0 Å². The number of piperazine rings is 1. The molecule has 7 rings (SSSR count). The van der Waals surface area contributed by atoms with E-state index in [1.165, 1.54) is 31.4 Å². The van der Waals surface area contributed by atoms with Gasteiger partial charge in [-0.15, -0.1) is 0 Å². The SMILES string of the molecule is O=C1C[C@@H](S)[C@H](O)[C@@H]2[C@@H]1C[C@@]13SS[C@]4(C[C@@H]5C(=O)C[C@@H](S)[C@H](O)[C@H]5N4C1=O)C(=O)N23. The molecule has 2 saturated carbocycles. The molecular formula is C18H20N2O6S4. The van der Waals surface area contributed by atoms with Gasteiger partial charge in [0.25, 0.3) is 11.8 Å². The van der Waals surface area contributed by atoms with Crippen molar-refractivity contribution < 1.29 is 29.4 Å². The van der Waals surface area contributed by atoms with Crippen molar-refractivity contribution in [3.05, 3.63) is 0 Å². The van der Waals surface area contributed by atoms with Crippen LogP contribution < -0.4 is 0 Å². The van der Waals surface area contributed by atoms with Crippen molar-refractivity contribution in [3.8, 4) is 0 Å². The zero-order valence-corrected chi connectivity index (χ0v) is 19.0. The van der Waals surface area contributed by atoms with Crippen molar-refractivity contribution in [2.45, 2.75) is 70.2 Å². The number of rotatable bonds is 0. The number of hydrogen-bond acceptors (Lipinski definition) is 10. The lowest BCUT2D eigenvalue weighted by Gasteiger charge is -2.59. The Morgan fingerprint density at radius 2 is 1.13 bits per heavy atom. The predicted molar refractivity (Wildman–Crippen MR) is 115 cm³/mol. The van der Waals surface area contributed by atoms with Gasteiger partial charge in [-0.1, -0.05) is 21.6 Å². The Hall–Kier alpha value is -0.400. The molecule has 0 aromatic heterocycles. The number of carbonyl (C=O) groups is 4. The van der Waals surface area contributed by atoms with Crippen molar-refractivity contribution in [2.24, 2.45) is 11.8 Å². The molecule has 2 amide bonds. The first-order chi connectivity index (χ1) is 14.1. The van der Waals surface area contributed by atoms with Gasteiger partial charge >= 0.3 is 0 Å². The standard InChI is InChI=1S/C18H20N2O6S4/c21-7-1-9(27)13(23)11-5(7)3-17-15(25)20-12-6(8(22)2-10(28)14(12)24)4-18(20,30-29-17)16(26)19(11)17/h5-6,9-14,23-24,27-28H,1-4H2/t5-,6-,9-,10-,11+,12+,13+,14+,17-,18-/m1/s1. The number of aliphatic hydroxyl groups is 2. The number of Topliss-reactive ketones (excluding diaryl/α,β-unsaturated/α-hetero) is 2. The van der Waals surface area contributed by atoms with E-state index in [1.807, 2.05) is 0 Å². The van der Waals surface area contributed by atoms with E-state index in [-0.39, 0.29) is 49.1 Å². The highest BCUT2D eigenvalue weighted by Gasteiger charge is 2.80. The van der Waals surface area contributed by atoms with E-state index in [1.54, 1.807) is 0 Å². The Kier molecular flexibility index (Phi) is 4.13. The average Bonchev–Trinajstić information content (AvgIpc) is 3.24. The molecule has 0 aromatic carbocycles. The zero-order valence-electron chi connectivity index (χ0n) is 15.6. The fraction of sp³-hybridized carbons (Fsp3) is 0.778. The third-order valence-electron chi connectivity index (χ3n) is 7.75. The Labute approximate surface area is 191 Å². The van der Waals surface area contributed by atoms with Gasteiger partial charge in [0.05, 0.1) is 24.3 Å². The summed E-state index contributed by atoms with van der Waals surface area (Å²) in [6.07, 6.45) is -1.56. The summed E-state index contributed by atoms with van der Waals surface area (Å²) >= 11 is 8.69. The minimum atomic E-state index is -1.31. The molecule has 5 heterocycles. The van der Waals surface area contributed by atoms with Gasteiger partial charge in [0, 0.05) is 48.0 Å². The first-order valence-corrected chi connectivity index (χ1v) is 13.1. The van der Waals surface area contributed by atoms with Crippen LogP contribution in [0.4, 0.5) is 0 Å². The summed E-state index contributed by atoms with van der Waals surface area (Å²) in [6.45, 7) is 0. The van der Waals surface area contributed by atoms with Crippen molar-refractivity contribution in [2.75, 3.05) is 0 Å². The van der Waals surface area contributed by atoms with Gasteiger partial charge in [-0.3, -0.25) is 19.2 Å². The lowest BCUT2D eigenvalue weighted by Crippen LogP contribution is -2.77. The van der Waals surface area contributed by atoms with E-state index >= 15 is 0 Å². The summed E-state index contributed by atoms with van der Waals surface area (Å²) in [4.78, 5) is 53.5. The monoisotopic (exact) mass is 488 g/mol. The van der Waals surface area contributed by atoms with Gasteiger partial charge in [-0.25, -0.2) is 0 Å². The molecule has 0 aromatic rings. The van der Waals surface area contributed by atoms with Crippen LogP contribution in [0.1, 0.15) is 25.7 Å². The molecule has 7 aliphatic rings. The molecule has 12 heteroatoms. The lowest BCUT2D eigenvalue weighted by molar-refractivity contribution is -0.171. The summed E-state index contributed by atoms with van der Waals surface area (Å²) in [7, 11) is 2.52. The second-order valence-corrected chi connectivity index (χ2v) is 13.2.